The molecule has 6 heteroatoms. The molecule has 1 aliphatic heterocycles. The Bertz CT molecular complexity index is 537. The fourth-order valence-electron chi connectivity index (χ4n) is 2.57. The van der Waals surface area contributed by atoms with Crippen LogP contribution >= 0.6 is 0 Å². The number of likely N-dealkylation sites (N-methyl/N-ethyl adjacent to an activating group) is 1. The van der Waals surface area contributed by atoms with Gasteiger partial charge in [0.15, 0.2) is 0 Å². The van der Waals surface area contributed by atoms with Crippen molar-refractivity contribution in [1.29, 1.82) is 0 Å². The molecule has 22 heavy (non-hydrogen) atoms. The Hall–Kier alpha value is -1.66. The number of carbonyl (C=O) groups is 1. The number of morpholine rings is 1. The molecular formula is C16H23FN2O3. The first-order chi connectivity index (χ1) is 10.3. The number of amides is 1. The minimum atomic E-state index is -0.989. The highest BCUT2D eigenvalue weighted by molar-refractivity contribution is 5.94. The van der Waals surface area contributed by atoms with Crippen LogP contribution in [0.5, 0.6) is 0 Å². The zero-order valence-electron chi connectivity index (χ0n) is 13.3. The number of benzene rings is 1. The molecule has 1 aromatic carbocycles. The smallest absolute Gasteiger partial charge is 0.253 e. The third-order valence-corrected chi connectivity index (χ3v) is 3.52. The highest BCUT2D eigenvalue weighted by Gasteiger charge is 2.22. The quantitative estimate of drug-likeness (QED) is 0.916. The van der Waals surface area contributed by atoms with Crippen molar-refractivity contribution in [1.82, 2.24) is 4.90 Å². The first kappa shape index (κ1) is 16.7. The minimum Gasteiger partial charge on any atom is -0.389 e. The second kappa shape index (κ2) is 6.62. The number of rotatable bonds is 4. The van der Waals surface area contributed by atoms with Crippen LogP contribution in [0.15, 0.2) is 18.2 Å². The molecule has 1 amide bonds. The Kier molecular flexibility index (Phi) is 5.03. The average Bonchev–Trinajstić information content (AvgIpc) is 2.45. The van der Waals surface area contributed by atoms with Crippen LogP contribution in [0.25, 0.3) is 0 Å². The summed E-state index contributed by atoms with van der Waals surface area (Å²) in [4.78, 5) is 15.6. The molecule has 1 heterocycles. The molecule has 5 nitrogen and oxygen atoms in total. The normalized spacial score (nSPS) is 15.8. The van der Waals surface area contributed by atoms with Gasteiger partial charge in [-0.1, -0.05) is 0 Å². The van der Waals surface area contributed by atoms with Crippen LogP contribution in [0.4, 0.5) is 10.1 Å². The van der Waals surface area contributed by atoms with Crippen molar-refractivity contribution in [3.05, 3.63) is 29.6 Å². The summed E-state index contributed by atoms with van der Waals surface area (Å²) in [6.45, 7) is 5.87. The fourth-order valence-corrected chi connectivity index (χ4v) is 2.57. The van der Waals surface area contributed by atoms with Crippen molar-refractivity contribution in [3.8, 4) is 0 Å². The summed E-state index contributed by atoms with van der Waals surface area (Å²) in [7, 11) is 1.59. The molecular weight excluding hydrogens is 287 g/mol. The first-order valence-corrected chi connectivity index (χ1v) is 7.38. The van der Waals surface area contributed by atoms with Gasteiger partial charge in [-0.05, 0) is 32.0 Å². The van der Waals surface area contributed by atoms with Gasteiger partial charge in [-0.2, -0.15) is 0 Å². The largest absolute Gasteiger partial charge is 0.389 e. The zero-order valence-corrected chi connectivity index (χ0v) is 13.3. The van der Waals surface area contributed by atoms with Gasteiger partial charge in [0.1, 0.15) is 5.82 Å². The molecule has 0 saturated carbocycles. The van der Waals surface area contributed by atoms with Crippen LogP contribution in [0.1, 0.15) is 24.2 Å². The molecule has 122 valence electrons. The van der Waals surface area contributed by atoms with Gasteiger partial charge in [0, 0.05) is 32.2 Å². The Morgan fingerprint density at radius 3 is 2.59 bits per heavy atom. The monoisotopic (exact) mass is 310 g/mol. The Labute approximate surface area is 130 Å². The van der Waals surface area contributed by atoms with Crippen LogP contribution in [0, 0.1) is 5.82 Å². The van der Waals surface area contributed by atoms with E-state index >= 15 is 0 Å². The third-order valence-electron chi connectivity index (χ3n) is 3.52. The fraction of sp³-hybridized carbons (Fsp3) is 0.562. The molecule has 1 saturated heterocycles. The summed E-state index contributed by atoms with van der Waals surface area (Å²) in [5, 5.41) is 9.77. The summed E-state index contributed by atoms with van der Waals surface area (Å²) in [6.07, 6.45) is 0. The second-order valence-electron chi connectivity index (χ2n) is 6.24. The van der Waals surface area contributed by atoms with Crippen LogP contribution < -0.4 is 4.90 Å². The maximum Gasteiger partial charge on any atom is 0.253 e. The van der Waals surface area contributed by atoms with Gasteiger partial charge in [0.2, 0.25) is 0 Å². The SMILES string of the molecule is CN(CC(C)(C)O)C(=O)c1ccc(N2CCOCC2)c(F)c1. The van der Waals surface area contributed by atoms with Gasteiger partial charge in [-0.15, -0.1) is 0 Å². The molecule has 1 fully saturated rings. The van der Waals surface area contributed by atoms with Crippen molar-refractivity contribution >= 4 is 11.6 Å². The lowest BCUT2D eigenvalue weighted by Crippen LogP contribution is -2.40. The van der Waals surface area contributed by atoms with E-state index in [0.29, 0.717) is 32.0 Å². The second-order valence-corrected chi connectivity index (χ2v) is 6.24. The maximum absolute atomic E-state index is 14.3. The van der Waals surface area contributed by atoms with E-state index < -0.39 is 11.4 Å². The minimum absolute atomic E-state index is 0.179. The number of carbonyl (C=O) groups excluding carboxylic acids is 1. The summed E-state index contributed by atoms with van der Waals surface area (Å²) in [5.41, 5.74) is -0.220. The number of anilines is 1. The van der Waals surface area contributed by atoms with Crippen molar-refractivity contribution < 1.29 is 19.0 Å². The molecule has 1 N–H and O–H groups in total. The Morgan fingerprint density at radius 2 is 2.05 bits per heavy atom. The van der Waals surface area contributed by atoms with E-state index in [1.54, 1.807) is 33.0 Å². The standard InChI is InChI=1S/C16H23FN2O3/c1-16(2,21)11-18(3)15(20)12-4-5-14(13(17)10-12)19-6-8-22-9-7-19/h4-5,10,21H,6-9,11H2,1-3H3. The summed E-state index contributed by atoms with van der Waals surface area (Å²) in [5.74, 6) is -0.723. The van der Waals surface area contributed by atoms with Crippen molar-refractivity contribution in [2.75, 3.05) is 44.8 Å². The highest BCUT2D eigenvalue weighted by Crippen LogP contribution is 2.22. The Morgan fingerprint density at radius 1 is 1.41 bits per heavy atom. The van der Waals surface area contributed by atoms with Crippen LogP contribution in [-0.4, -0.2) is 61.4 Å². The number of halogens is 1. The number of hydrogen-bond donors (Lipinski definition) is 1. The molecule has 0 aromatic heterocycles. The van der Waals surface area contributed by atoms with Gasteiger partial charge >= 0.3 is 0 Å². The van der Waals surface area contributed by atoms with Crippen molar-refractivity contribution in [2.45, 2.75) is 19.4 Å². The lowest BCUT2D eigenvalue weighted by Gasteiger charge is -2.29. The number of ether oxygens (including phenoxy) is 1. The predicted molar refractivity (Wildman–Crippen MR) is 82.7 cm³/mol. The topological polar surface area (TPSA) is 53.0 Å². The van der Waals surface area contributed by atoms with E-state index in [-0.39, 0.29) is 18.0 Å². The molecule has 0 aliphatic carbocycles. The first-order valence-electron chi connectivity index (χ1n) is 7.38. The predicted octanol–water partition coefficient (Wildman–Crippen LogP) is 1.51. The highest BCUT2D eigenvalue weighted by atomic mass is 19.1. The van der Waals surface area contributed by atoms with Gasteiger partial charge in [0.05, 0.1) is 24.5 Å². The van der Waals surface area contributed by atoms with E-state index in [1.807, 2.05) is 4.90 Å². The van der Waals surface area contributed by atoms with Gasteiger partial charge in [-0.25, -0.2) is 4.39 Å². The summed E-state index contributed by atoms with van der Waals surface area (Å²) in [6, 6.07) is 4.51. The zero-order chi connectivity index (χ0) is 16.3. The van der Waals surface area contributed by atoms with Gasteiger partial charge in [0.25, 0.3) is 5.91 Å². The lowest BCUT2D eigenvalue weighted by molar-refractivity contribution is 0.0367. The Balaban J connectivity index is 2.12. The van der Waals surface area contributed by atoms with Crippen LogP contribution in [-0.2, 0) is 4.74 Å². The lowest BCUT2D eigenvalue weighted by atomic mass is 10.1. The van der Waals surface area contributed by atoms with Crippen molar-refractivity contribution in [2.24, 2.45) is 0 Å². The van der Waals surface area contributed by atoms with Gasteiger partial charge in [-0.3, -0.25) is 4.79 Å². The molecule has 0 bridgehead atoms. The number of nitrogens with zero attached hydrogens (tertiary/aromatic N) is 2. The van der Waals surface area contributed by atoms with E-state index in [9.17, 15) is 14.3 Å². The molecule has 0 atom stereocenters. The average molecular weight is 310 g/mol. The van der Waals surface area contributed by atoms with Crippen LogP contribution in [0.3, 0.4) is 0 Å². The molecule has 0 radical (unpaired) electrons. The maximum atomic E-state index is 14.3. The summed E-state index contributed by atoms with van der Waals surface area (Å²) >= 11 is 0. The molecule has 0 spiro atoms. The van der Waals surface area contributed by atoms with E-state index in [1.165, 1.54) is 11.0 Å². The van der Waals surface area contributed by atoms with Gasteiger partial charge < -0.3 is 19.6 Å². The van der Waals surface area contributed by atoms with Crippen molar-refractivity contribution in [3.63, 3.8) is 0 Å². The molecule has 1 aliphatic rings. The molecule has 2 rings (SSSR count). The third kappa shape index (κ3) is 4.18. The molecule has 1 aromatic rings. The number of aliphatic hydroxyl groups is 1. The van der Waals surface area contributed by atoms with Crippen LogP contribution in [0.2, 0.25) is 0 Å². The van der Waals surface area contributed by atoms with E-state index in [0.717, 1.165) is 0 Å². The number of hydrogen-bond acceptors (Lipinski definition) is 4. The molecule has 0 unspecified atom stereocenters. The van der Waals surface area contributed by atoms with E-state index in [4.69, 9.17) is 4.74 Å². The summed E-state index contributed by atoms with van der Waals surface area (Å²) < 4.78 is 19.5. The van der Waals surface area contributed by atoms with E-state index in [2.05, 4.69) is 0 Å².